The second kappa shape index (κ2) is 8.72. The van der Waals surface area contributed by atoms with Crippen LogP contribution >= 0.6 is 12.4 Å². The van der Waals surface area contributed by atoms with Gasteiger partial charge in [0.05, 0.1) is 6.04 Å². The van der Waals surface area contributed by atoms with Gasteiger partial charge >= 0.3 is 0 Å². The third-order valence-corrected chi connectivity index (χ3v) is 2.94. The molecule has 2 N–H and O–H groups in total. The maximum absolute atomic E-state index is 12.0. The van der Waals surface area contributed by atoms with Crippen molar-refractivity contribution >= 4 is 18.3 Å². The quantitative estimate of drug-likeness (QED) is 0.788. The molecule has 0 aromatic carbocycles. The summed E-state index contributed by atoms with van der Waals surface area (Å²) in [5.74, 6) is 0.654. The number of halogens is 1. The van der Waals surface area contributed by atoms with Crippen LogP contribution in [0.25, 0.3) is 0 Å². The van der Waals surface area contributed by atoms with Crippen molar-refractivity contribution in [2.75, 3.05) is 20.3 Å². The molecular weight excluding hydrogens is 240 g/mol. The first-order chi connectivity index (χ1) is 7.63. The van der Waals surface area contributed by atoms with Crippen LogP contribution in [0.15, 0.2) is 0 Å². The minimum absolute atomic E-state index is 0. The lowest BCUT2D eigenvalue weighted by Crippen LogP contribution is -2.48. The molecule has 0 radical (unpaired) electrons. The van der Waals surface area contributed by atoms with Gasteiger partial charge in [-0.05, 0) is 32.2 Å². The summed E-state index contributed by atoms with van der Waals surface area (Å²) in [5, 5.41) is 6.17. The van der Waals surface area contributed by atoms with Gasteiger partial charge in [0.1, 0.15) is 0 Å². The number of carbonyl (C=O) groups is 1. The fourth-order valence-electron chi connectivity index (χ4n) is 1.97. The van der Waals surface area contributed by atoms with E-state index in [9.17, 15) is 4.79 Å². The SMILES string of the molecule is CNC(CC(C)C)C(=O)NC1CCOCC1.Cl. The van der Waals surface area contributed by atoms with E-state index in [1.807, 2.05) is 7.05 Å². The number of carbonyl (C=O) groups excluding carboxylic acids is 1. The van der Waals surface area contributed by atoms with Gasteiger partial charge in [0, 0.05) is 19.3 Å². The highest BCUT2D eigenvalue weighted by molar-refractivity contribution is 5.85. The van der Waals surface area contributed by atoms with Gasteiger partial charge in [0.15, 0.2) is 0 Å². The lowest BCUT2D eigenvalue weighted by Gasteiger charge is -2.26. The minimum atomic E-state index is -0.0668. The van der Waals surface area contributed by atoms with Crippen molar-refractivity contribution in [2.45, 2.75) is 45.2 Å². The molecule has 1 fully saturated rings. The van der Waals surface area contributed by atoms with Crippen LogP contribution in [0.3, 0.4) is 0 Å². The summed E-state index contributed by atoms with van der Waals surface area (Å²) < 4.78 is 5.27. The molecule has 1 aliphatic rings. The van der Waals surface area contributed by atoms with E-state index >= 15 is 0 Å². The first kappa shape index (κ1) is 16.7. The minimum Gasteiger partial charge on any atom is -0.381 e. The van der Waals surface area contributed by atoms with Crippen molar-refractivity contribution in [1.29, 1.82) is 0 Å². The molecular formula is C12H25ClN2O2. The van der Waals surface area contributed by atoms with Crippen molar-refractivity contribution in [3.8, 4) is 0 Å². The highest BCUT2D eigenvalue weighted by Gasteiger charge is 2.22. The van der Waals surface area contributed by atoms with Crippen LogP contribution < -0.4 is 10.6 Å². The van der Waals surface area contributed by atoms with Crippen molar-refractivity contribution in [1.82, 2.24) is 10.6 Å². The van der Waals surface area contributed by atoms with Gasteiger partial charge in [-0.15, -0.1) is 12.4 Å². The van der Waals surface area contributed by atoms with Crippen molar-refractivity contribution < 1.29 is 9.53 Å². The fraction of sp³-hybridized carbons (Fsp3) is 0.917. The Hall–Kier alpha value is -0.320. The van der Waals surface area contributed by atoms with Gasteiger partial charge in [0.25, 0.3) is 0 Å². The molecule has 102 valence electrons. The number of rotatable bonds is 5. The van der Waals surface area contributed by atoms with Gasteiger partial charge in [-0.3, -0.25) is 4.79 Å². The molecule has 0 bridgehead atoms. The van der Waals surface area contributed by atoms with Crippen LogP contribution in [0.2, 0.25) is 0 Å². The lowest BCUT2D eigenvalue weighted by atomic mass is 10.0. The first-order valence-corrected chi connectivity index (χ1v) is 6.19. The molecule has 1 saturated heterocycles. The number of nitrogens with one attached hydrogen (secondary N) is 2. The Morgan fingerprint density at radius 2 is 1.94 bits per heavy atom. The second-order valence-corrected chi connectivity index (χ2v) is 4.87. The molecule has 1 rings (SSSR count). The van der Waals surface area contributed by atoms with Gasteiger partial charge in [0.2, 0.25) is 5.91 Å². The highest BCUT2D eigenvalue weighted by Crippen LogP contribution is 2.09. The van der Waals surface area contributed by atoms with Crippen LogP contribution in [0.5, 0.6) is 0 Å². The van der Waals surface area contributed by atoms with Gasteiger partial charge in [-0.25, -0.2) is 0 Å². The Bertz CT molecular complexity index is 219. The predicted octanol–water partition coefficient (Wildman–Crippen LogP) is 1.34. The van der Waals surface area contributed by atoms with E-state index in [-0.39, 0.29) is 24.4 Å². The molecule has 4 nitrogen and oxygen atoms in total. The summed E-state index contributed by atoms with van der Waals surface area (Å²) in [6.07, 6.45) is 2.75. The Morgan fingerprint density at radius 3 is 2.41 bits per heavy atom. The van der Waals surface area contributed by atoms with E-state index in [0.29, 0.717) is 12.0 Å². The standard InChI is InChI=1S/C12H24N2O2.ClH/c1-9(2)8-11(13-3)12(15)14-10-4-6-16-7-5-10;/h9-11,13H,4-8H2,1-3H3,(H,14,15);1H. The number of hydrogen-bond acceptors (Lipinski definition) is 3. The van der Waals surface area contributed by atoms with E-state index in [2.05, 4.69) is 24.5 Å². The Balaban J connectivity index is 0.00000256. The normalized spacial score (nSPS) is 18.6. The smallest absolute Gasteiger partial charge is 0.237 e. The molecule has 17 heavy (non-hydrogen) atoms. The molecule has 5 heteroatoms. The molecule has 0 aliphatic carbocycles. The van der Waals surface area contributed by atoms with Crippen LogP contribution in [-0.2, 0) is 9.53 Å². The summed E-state index contributed by atoms with van der Waals surface area (Å²) >= 11 is 0. The van der Waals surface area contributed by atoms with E-state index in [1.165, 1.54) is 0 Å². The Labute approximate surface area is 110 Å². The zero-order valence-electron chi connectivity index (χ0n) is 11.0. The Morgan fingerprint density at radius 1 is 1.35 bits per heavy atom. The second-order valence-electron chi connectivity index (χ2n) is 4.87. The van der Waals surface area contributed by atoms with Crippen molar-refractivity contribution in [2.24, 2.45) is 5.92 Å². The summed E-state index contributed by atoms with van der Waals surface area (Å²) in [7, 11) is 1.84. The monoisotopic (exact) mass is 264 g/mol. The third-order valence-electron chi connectivity index (χ3n) is 2.94. The van der Waals surface area contributed by atoms with Crippen LogP contribution in [0, 0.1) is 5.92 Å². The molecule has 0 spiro atoms. The largest absolute Gasteiger partial charge is 0.381 e. The van der Waals surface area contributed by atoms with Crippen LogP contribution in [0.1, 0.15) is 33.1 Å². The average molecular weight is 265 g/mol. The Kier molecular flexibility index (Phi) is 8.56. The van der Waals surface area contributed by atoms with Gasteiger partial charge in [-0.2, -0.15) is 0 Å². The van der Waals surface area contributed by atoms with E-state index in [1.54, 1.807) is 0 Å². The van der Waals surface area contributed by atoms with Crippen molar-refractivity contribution in [3.05, 3.63) is 0 Å². The summed E-state index contributed by atoms with van der Waals surface area (Å²) in [6.45, 7) is 5.79. The summed E-state index contributed by atoms with van der Waals surface area (Å²) in [4.78, 5) is 12.0. The zero-order valence-corrected chi connectivity index (χ0v) is 11.8. The number of hydrogen-bond donors (Lipinski definition) is 2. The molecule has 0 aromatic rings. The molecule has 1 amide bonds. The van der Waals surface area contributed by atoms with E-state index in [4.69, 9.17) is 4.74 Å². The van der Waals surface area contributed by atoms with Crippen LogP contribution in [0.4, 0.5) is 0 Å². The number of likely N-dealkylation sites (N-methyl/N-ethyl adjacent to an activating group) is 1. The number of ether oxygens (including phenoxy) is 1. The maximum atomic E-state index is 12.0. The lowest BCUT2D eigenvalue weighted by molar-refractivity contribution is -0.124. The fourth-order valence-corrected chi connectivity index (χ4v) is 1.97. The van der Waals surface area contributed by atoms with Crippen LogP contribution in [-0.4, -0.2) is 38.3 Å². The molecule has 1 unspecified atom stereocenters. The van der Waals surface area contributed by atoms with Gasteiger partial charge < -0.3 is 15.4 Å². The molecule has 1 atom stereocenters. The van der Waals surface area contributed by atoms with E-state index < -0.39 is 0 Å². The van der Waals surface area contributed by atoms with E-state index in [0.717, 1.165) is 32.5 Å². The third kappa shape index (κ3) is 6.24. The topological polar surface area (TPSA) is 50.4 Å². The first-order valence-electron chi connectivity index (χ1n) is 6.19. The summed E-state index contributed by atoms with van der Waals surface area (Å²) in [5.41, 5.74) is 0. The predicted molar refractivity (Wildman–Crippen MR) is 71.5 cm³/mol. The van der Waals surface area contributed by atoms with Crippen molar-refractivity contribution in [3.63, 3.8) is 0 Å². The highest BCUT2D eigenvalue weighted by atomic mass is 35.5. The molecule has 0 saturated carbocycles. The van der Waals surface area contributed by atoms with Gasteiger partial charge in [-0.1, -0.05) is 13.8 Å². The molecule has 0 aromatic heterocycles. The summed E-state index contributed by atoms with van der Waals surface area (Å²) in [6, 6.07) is 0.229. The zero-order chi connectivity index (χ0) is 12.0. The molecule has 1 heterocycles. The molecule has 1 aliphatic heterocycles. The number of amides is 1. The maximum Gasteiger partial charge on any atom is 0.237 e. The average Bonchev–Trinajstić information content (AvgIpc) is 2.26.